The van der Waals surface area contributed by atoms with Gasteiger partial charge in [-0.1, -0.05) is 6.42 Å². The van der Waals surface area contributed by atoms with Gasteiger partial charge < -0.3 is 0 Å². The Hall–Kier alpha value is -0.630. The van der Waals surface area contributed by atoms with Gasteiger partial charge in [-0.25, -0.2) is 21.6 Å². The molecular formula is C10H12ClNO4S2. The largest absolute Gasteiger partial charge is 0.261 e. The van der Waals surface area contributed by atoms with Crippen LogP contribution in [0.1, 0.15) is 19.3 Å². The molecule has 100 valence electrons. The minimum atomic E-state index is -3.82. The topological polar surface area (TPSA) is 80.3 Å². The SMILES string of the molecule is O=S(=O)(Cl)c1ccc(S(=O)(=O)NC2CCC2)cc1. The second-order valence-corrected chi connectivity index (χ2v) is 8.44. The summed E-state index contributed by atoms with van der Waals surface area (Å²) in [7, 11) is -2.25. The average molecular weight is 310 g/mol. The Morgan fingerprint density at radius 1 is 1.00 bits per heavy atom. The summed E-state index contributed by atoms with van der Waals surface area (Å²) in [5.74, 6) is 0. The van der Waals surface area contributed by atoms with Crippen LogP contribution >= 0.6 is 10.7 Å². The molecule has 0 aliphatic heterocycles. The average Bonchev–Trinajstić information content (AvgIpc) is 2.23. The number of halogens is 1. The molecule has 0 radical (unpaired) electrons. The van der Waals surface area contributed by atoms with Crippen molar-refractivity contribution in [3.8, 4) is 0 Å². The molecule has 18 heavy (non-hydrogen) atoms. The van der Waals surface area contributed by atoms with Gasteiger partial charge in [-0.05, 0) is 37.1 Å². The van der Waals surface area contributed by atoms with Crippen LogP contribution in [0.5, 0.6) is 0 Å². The van der Waals surface area contributed by atoms with Crippen molar-refractivity contribution in [3.05, 3.63) is 24.3 Å². The van der Waals surface area contributed by atoms with Crippen molar-refractivity contribution < 1.29 is 16.8 Å². The fourth-order valence-electron chi connectivity index (χ4n) is 1.59. The Bertz CT molecular complexity index is 633. The lowest BCUT2D eigenvalue weighted by Gasteiger charge is -2.26. The maximum atomic E-state index is 11.9. The van der Waals surface area contributed by atoms with E-state index in [9.17, 15) is 16.8 Å². The van der Waals surface area contributed by atoms with E-state index in [2.05, 4.69) is 4.72 Å². The number of benzene rings is 1. The summed E-state index contributed by atoms with van der Waals surface area (Å²) >= 11 is 0. The highest BCUT2D eigenvalue weighted by Crippen LogP contribution is 2.22. The van der Waals surface area contributed by atoms with Crippen molar-refractivity contribution >= 4 is 29.8 Å². The van der Waals surface area contributed by atoms with Crippen LogP contribution in [-0.2, 0) is 19.1 Å². The van der Waals surface area contributed by atoms with E-state index in [1.807, 2.05) is 0 Å². The number of hydrogen-bond donors (Lipinski definition) is 1. The lowest BCUT2D eigenvalue weighted by molar-refractivity contribution is 0.383. The Morgan fingerprint density at radius 2 is 1.50 bits per heavy atom. The molecule has 1 aromatic rings. The van der Waals surface area contributed by atoms with E-state index in [0.717, 1.165) is 19.3 Å². The molecular weight excluding hydrogens is 298 g/mol. The van der Waals surface area contributed by atoms with Gasteiger partial charge in [0.05, 0.1) is 9.79 Å². The molecule has 0 aromatic heterocycles. The van der Waals surface area contributed by atoms with Gasteiger partial charge in [0.25, 0.3) is 9.05 Å². The van der Waals surface area contributed by atoms with Crippen molar-refractivity contribution in [2.24, 2.45) is 0 Å². The smallest absolute Gasteiger partial charge is 0.208 e. The molecule has 0 amide bonds. The maximum Gasteiger partial charge on any atom is 0.261 e. The third-order valence-electron chi connectivity index (χ3n) is 2.84. The fourth-order valence-corrected chi connectivity index (χ4v) is 3.67. The summed E-state index contributed by atoms with van der Waals surface area (Å²) in [5.41, 5.74) is 0. The Labute approximate surface area is 111 Å². The Morgan fingerprint density at radius 3 is 1.89 bits per heavy atom. The monoisotopic (exact) mass is 309 g/mol. The minimum absolute atomic E-state index is 0.00793. The van der Waals surface area contributed by atoms with Crippen LogP contribution in [0.15, 0.2) is 34.1 Å². The molecule has 0 heterocycles. The Kier molecular flexibility index (Phi) is 3.68. The van der Waals surface area contributed by atoms with Crippen LogP contribution in [0.3, 0.4) is 0 Å². The normalized spacial score (nSPS) is 17.4. The molecule has 0 spiro atoms. The zero-order chi connectivity index (χ0) is 13.4. The molecule has 8 heteroatoms. The predicted molar refractivity (Wildman–Crippen MR) is 67.4 cm³/mol. The molecule has 1 saturated carbocycles. The van der Waals surface area contributed by atoms with Gasteiger partial charge in [-0.2, -0.15) is 0 Å². The van der Waals surface area contributed by atoms with Crippen LogP contribution in [0, 0.1) is 0 Å². The maximum absolute atomic E-state index is 11.9. The van der Waals surface area contributed by atoms with Gasteiger partial charge in [-0.3, -0.25) is 0 Å². The van der Waals surface area contributed by atoms with Crippen molar-refractivity contribution in [1.29, 1.82) is 0 Å². The third kappa shape index (κ3) is 3.03. The number of hydrogen-bond acceptors (Lipinski definition) is 4. The van der Waals surface area contributed by atoms with Gasteiger partial charge in [0, 0.05) is 16.7 Å². The first-order valence-corrected chi connectivity index (χ1v) is 9.15. The Balaban J connectivity index is 2.23. The van der Waals surface area contributed by atoms with Crippen molar-refractivity contribution in [3.63, 3.8) is 0 Å². The highest BCUT2D eigenvalue weighted by Gasteiger charge is 2.24. The molecule has 2 rings (SSSR count). The van der Waals surface area contributed by atoms with Gasteiger partial charge >= 0.3 is 0 Å². The van der Waals surface area contributed by atoms with Crippen LogP contribution in [0.4, 0.5) is 0 Å². The first-order valence-electron chi connectivity index (χ1n) is 5.36. The second-order valence-electron chi connectivity index (χ2n) is 4.16. The second kappa shape index (κ2) is 4.80. The fraction of sp³-hybridized carbons (Fsp3) is 0.400. The van der Waals surface area contributed by atoms with Crippen LogP contribution in [-0.4, -0.2) is 22.9 Å². The number of rotatable bonds is 4. The number of nitrogens with one attached hydrogen (secondary N) is 1. The van der Waals surface area contributed by atoms with E-state index in [4.69, 9.17) is 10.7 Å². The van der Waals surface area contributed by atoms with Gasteiger partial charge in [-0.15, -0.1) is 0 Å². The highest BCUT2D eigenvalue weighted by atomic mass is 35.7. The predicted octanol–water partition coefficient (Wildman–Crippen LogP) is 1.44. The first kappa shape index (κ1) is 13.8. The quantitative estimate of drug-likeness (QED) is 0.854. The lowest BCUT2D eigenvalue weighted by atomic mass is 9.94. The summed E-state index contributed by atoms with van der Waals surface area (Å²) in [5, 5.41) is 0. The summed E-state index contributed by atoms with van der Waals surface area (Å²) in [6, 6.07) is 4.81. The molecule has 0 atom stereocenters. The van der Waals surface area contributed by atoms with E-state index in [0.29, 0.717) is 0 Å². The molecule has 0 unspecified atom stereocenters. The molecule has 5 nitrogen and oxygen atoms in total. The highest BCUT2D eigenvalue weighted by molar-refractivity contribution is 8.13. The number of sulfonamides is 1. The van der Waals surface area contributed by atoms with Crippen LogP contribution in [0.2, 0.25) is 0 Å². The van der Waals surface area contributed by atoms with Crippen LogP contribution in [0.25, 0.3) is 0 Å². The summed E-state index contributed by atoms with van der Waals surface area (Å²) < 4.78 is 48.4. The molecule has 1 aliphatic rings. The van der Waals surface area contributed by atoms with Gasteiger partial charge in [0.1, 0.15) is 0 Å². The standard InChI is InChI=1S/C10H12ClNO4S2/c11-17(13,14)9-4-6-10(7-5-9)18(15,16)12-8-2-1-3-8/h4-8,12H,1-3H2. The summed E-state index contributed by atoms with van der Waals surface area (Å²) in [6.07, 6.45) is 2.71. The molecule has 0 bridgehead atoms. The minimum Gasteiger partial charge on any atom is -0.208 e. The van der Waals surface area contributed by atoms with Gasteiger partial charge in [0.2, 0.25) is 10.0 Å². The molecule has 1 aliphatic carbocycles. The third-order valence-corrected chi connectivity index (χ3v) is 5.75. The van der Waals surface area contributed by atoms with Crippen LogP contribution < -0.4 is 4.72 Å². The zero-order valence-corrected chi connectivity index (χ0v) is 11.7. The molecule has 1 aromatic carbocycles. The summed E-state index contributed by atoms with van der Waals surface area (Å²) in [4.78, 5) is -0.0785. The van der Waals surface area contributed by atoms with Crippen molar-refractivity contribution in [1.82, 2.24) is 4.72 Å². The molecule has 1 fully saturated rings. The lowest BCUT2D eigenvalue weighted by Crippen LogP contribution is -2.39. The zero-order valence-electron chi connectivity index (χ0n) is 9.34. The molecule has 0 saturated heterocycles. The van der Waals surface area contributed by atoms with E-state index in [1.54, 1.807) is 0 Å². The first-order chi connectivity index (χ1) is 8.29. The van der Waals surface area contributed by atoms with E-state index < -0.39 is 19.1 Å². The molecule has 1 N–H and O–H groups in total. The van der Waals surface area contributed by atoms with Crippen molar-refractivity contribution in [2.75, 3.05) is 0 Å². The summed E-state index contributed by atoms with van der Waals surface area (Å²) in [6.45, 7) is 0. The van der Waals surface area contributed by atoms with Gasteiger partial charge in [0.15, 0.2) is 0 Å². The van der Waals surface area contributed by atoms with E-state index >= 15 is 0 Å². The van der Waals surface area contributed by atoms with E-state index in [-0.39, 0.29) is 15.8 Å². The van der Waals surface area contributed by atoms with Crippen molar-refractivity contribution in [2.45, 2.75) is 35.1 Å². The van der Waals surface area contributed by atoms with E-state index in [1.165, 1.54) is 24.3 Å².